The number of hydrogen-bond donors (Lipinski definition) is 0. The standard InChI is InChI=1S/C18H19BrS/c19-17(14-7-2-1-3-8-14)11-6-9-15-13-20-18-12-5-4-10-16(15)18/h1-5,7-8,10,12,15,17H,6,9,11,13H2. The van der Waals surface area contributed by atoms with Crippen molar-refractivity contribution in [3.63, 3.8) is 0 Å². The SMILES string of the molecule is BrC(CCCC1CSc2ccccc21)c1ccccc1. The first-order chi connectivity index (χ1) is 9.84. The van der Waals surface area contributed by atoms with Gasteiger partial charge in [0.15, 0.2) is 0 Å². The zero-order valence-electron chi connectivity index (χ0n) is 11.5. The molecule has 0 spiro atoms. The zero-order chi connectivity index (χ0) is 13.8. The van der Waals surface area contributed by atoms with E-state index in [0.29, 0.717) is 4.83 Å². The number of thioether (sulfide) groups is 1. The minimum Gasteiger partial charge on any atom is -0.125 e. The van der Waals surface area contributed by atoms with Gasteiger partial charge in [-0.15, -0.1) is 11.8 Å². The van der Waals surface area contributed by atoms with E-state index in [1.54, 1.807) is 5.56 Å². The fourth-order valence-electron chi connectivity index (χ4n) is 2.84. The molecule has 0 aromatic heterocycles. The summed E-state index contributed by atoms with van der Waals surface area (Å²) in [6, 6.07) is 19.6. The van der Waals surface area contributed by atoms with Crippen molar-refractivity contribution in [2.45, 2.75) is 34.9 Å². The Morgan fingerprint density at radius 3 is 2.65 bits per heavy atom. The van der Waals surface area contributed by atoms with Crippen LogP contribution in [-0.4, -0.2) is 5.75 Å². The van der Waals surface area contributed by atoms with Crippen molar-refractivity contribution >= 4 is 27.7 Å². The Morgan fingerprint density at radius 2 is 1.80 bits per heavy atom. The van der Waals surface area contributed by atoms with Crippen LogP contribution in [0.4, 0.5) is 0 Å². The van der Waals surface area contributed by atoms with Gasteiger partial charge < -0.3 is 0 Å². The Balaban J connectivity index is 1.52. The van der Waals surface area contributed by atoms with Crippen LogP contribution in [0.2, 0.25) is 0 Å². The fourth-order valence-corrected chi connectivity index (χ4v) is 4.77. The average Bonchev–Trinajstić information content (AvgIpc) is 2.92. The summed E-state index contributed by atoms with van der Waals surface area (Å²) in [7, 11) is 0. The van der Waals surface area contributed by atoms with Crippen LogP contribution in [0, 0.1) is 0 Å². The summed E-state index contributed by atoms with van der Waals surface area (Å²) >= 11 is 5.84. The Bertz CT molecular complexity index is 552. The van der Waals surface area contributed by atoms with Gasteiger partial charge in [-0.1, -0.05) is 70.9 Å². The van der Waals surface area contributed by atoms with Crippen molar-refractivity contribution in [2.75, 3.05) is 5.75 Å². The van der Waals surface area contributed by atoms with E-state index in [9.17, 15) is 0 Å². The Morgan fingerprint density at radius 1 is 1.05 bits per heavy atom. The van der Waals surface area contributed by atoms with Crippen LogP contribution in [0.15, 0.2) is 59.5 Å². The molecule has 0 saturated carbocycles. The lowest BCUT2D eigenvalue weighted by Crippen LogP contribution is -1.98. The molecule has 0 radical (unpaired) electrons. The zero-order valence-corrected chi connectivity index (χ0v) is 13.9. The first kappa shape index (κ1) is 14.2. The van der Waals surface area contributed by atoms with Crippen molar-refractivity contribution < 1.29 is 0 Å². The van der Waals surface area contributed by atoms with E-state index >= 15 is 0 Å². The quantitative estimate of drug-likeness (QED) is 0.582. The molecular formula is C18H19BrS. The predicted octanol–water partition coefficient (Wildman–Crippen LogP) is 6.18. The summed E-state index contributed by atoms with van der Waals surface area (Å²) in [5.74, 6) is 2.02. The van der Waals surface area contributed by atoms with Gasteiger partial charge in [-0.3, -0.25) is 0 Å². The molecule has 0 aliphatic carbocycles. The smallest absolute Gasteiger partial charge is 0.0395 e. The molecule has 1 aliphatic heterocycles. The summed E-state index contributed by atoms with van der Waals surface area (Å²) in [4.78, 5) is 1.99. The molecule has 2 aromatic carbocycles. The summed E-state index contributed by atoms with van der Waals surface area (Å²) in [5.41, 5.74) is 2.97. The summed E-state index contributed by atoms with van der Waals surface area (Å²) in [5, 5.41) is 0. The lowest BCUT2D eigenvalue weighted by molar-refractivity contribution is 0.609. The van der Waals surface area contributed by atoms with Gasteiger partial charge >= 0.3 is 0 Å². The monoisotopic (exact) mass is 346 g/mol. The molecule has 0 N–H and O–H groups in total. The second-order valence-electron chi connectivity index (χ2n) is 5.35. The molecule has 2 unspecified atom stereocenters. The van der Waals surface area contributed by atoms with Crippen LogP contribution in [0.5, 0.6) is 0 Å². The maximum Gasteiger partial charge on any atom is 0.0395 e. The maximum atomic E-state index is 3.82. The second-order valence-corrected chi connectivity index (χ2v) is 7.52. The summed E-state index contributed by atoms with van der Waals surface area (Å²) < 4.78 is 0. The molecule has 3 rings (SSSR count). The molecule has 1 aliphatic rings. The predicted molar refractivity (Wildman–Crippen MR) is 91.9 cm³/mol. The fraction of sp³-hybridized carbons (Fsp3) is 0.333. The number of fused-ring (bicyclic) bond motifs is 1. The summed E-state index contributed by atoms with van der Waals surface area (Å²) in [6.45, 7) is 0. The van der Waals surface area contributed by atoms with Gasteiger partial charge in [-0.2, -0.15) is 0 Å². The Hall–Kier alpha value is -0.730. The van der Waals surface area contributed by atoms with Crippen molar-refractivity contribution in [1.29, 1.82) is 0 Å². The van der Waals surface area contributed by atoms with Crippen LogP contribution in [0.3, 0.4) is 0 Å². The lowest BCUT2D eigenvalue weighted by atomic mass is 9.94. The molecule has 0 saturated heterocycles. The van der Waals surface area contributed by atoms with Gasteiger partial charge in [0, 0.05) is 15.5 Å². The van der Waals surface area contributed by atoms with E-state index in [4.69, 9.17) is 0 Å². The highest BCUT2D eigenvalue weighted by molar-refractivity contribution is 9.09. The van der Waals surface area contributed by atoms with Gasteiger partial charge in [0.05, 0.1) is 0 Å². The van der Waals surface area contributed by atoms with Crippen LogP contribution in [0.1, 0.15) is 41.1 Å². The minimum atomic E-state index is 0.494. The van der Waals surface area contributed by atoms with Crippen LogP contribution in [0.25, 0.3) is 0 Å². The number of halogens is 1. The molecule has 0 amide bonds. The third-order valence-corrected chi connectivity index (χ3v) is 6.21. The third kappa shape index (κ3) is 3.29. The highest BCUT2D eigenvalue weighted by atomic mass is 79.9. The number of rotatable bonds is 5. The van der Waals surface area contributed by atoms with Gasteiger partial charge in [-0.25, -0.2) is 0 Å². The molecule has 1 heterocycles. The minimum absolute atomic E-state index is 0.494. The molecule has 104 valence electrons. The van der Waals surface area contributed by atoms with Crippen LogP contribution < -0.4 is 0 Å². The lowest BCUT2D eigenvalue weighted by Gasteiger charge is -2.13. The third-order valence-electron chi connectivity index (χ3n) is 3.97. The van der Waals surface area contributed by atoms with E-state index in [0.717, 1.165) is 5.92 Å². The molecule has 0 bridgehead atoms. The molecule has 0 nitrogen and oxygen atoms in total. The topological polar surface area (TPSA) is 0 Å². The van der Waals surface area contributed by atoms with E-state index in [2.05, 4.69) is 70.5 Å². The van der Waals surface area contributed by atoms with Crippen molar-refractivity contribution in [3.05, 3.63) is 65.7 Å². The first-order valence-corrected chi connectivity index (χ1v) is 9.15. The van der Waals surface area contributed by atoms with Crippen LogP contribution in [-0.2, 0) is 0 Å². The van der Waals surface area contributed by atoms with Crippen LogP contribution >= 0.6 is 27.7 Å². The van der Waals surface area contributed by atoms with E-state index in [-0.39, 0.29) is 0 Å². The second kappa shape index (κ2) is 6.82. The summed E-state index contributed by atoms with van der Waals surface area (Å²) in [6.07, 6.45) is 3.80. The highest BCUT2D eigenvalue weighted by Crippen LogP contribution is 2.42. The van der Waals surface area contributed by atoms with E-state index in [1.807, 2.05) is 11.8 Å². The molecule has 2 heteroatoms. The molecule has 20 heavy (non-hydrogen) atoms. The number of benzene rings is 2. The molecule has 2 aromatic rings. The van der Waals surface area contributed by atoms with Gasteiger partial charge in [0.2, 0.25) is 0 Å². The molecule has 0 fully saturated rings. The molecular weight excluding hydrogens is 328 g/mol. The normalized spacial score (nSPS) is 18.8. The maximum absolute atomic E-state index is 3.82. The van der Waals surface area contributed by atoms with Gasteiger partial charge in [0.25, 0.3) is 0 Å². The Labute approximate surface area is 134 Å². The average molecular weight is 347 g/mol. The van der Waals surface area contributed by atoms with E-state index in [1.165, 1.54) is 35.5 Å². The number of alkyl halides is 1. The largest absolute Gasteiger partial charge is 0.125 e. The van der Waals surface area contributed by atoms with Gasteiger partial charge in [-0.05, 0) is 36.0 Å². The van der Waals surface area contributed by atoms with Crippen molar-refractivity contribution in [1.82, 2.24) is 0 Å². The van der Waals surface area contributed by atoms with Gasteiger partial charge in [0.1, 0.15) is 0 Å². The Kier molecular flexibility index (Phi) is 4.85. The van der Waals surface area contributed by atoms with Crippen molar-refractivity contribution in [2.24, 2.45) is 0 Å². The van der Waals surface area contributed by atoms with Crippen molar-refractivity contribution in [3.8, 4) is 0 Å². The number of hydrogen-bond acceptors (Lipinski definition) is 1. The molecule has 2 atom stereocenters. The van der Waals surface area contributed by atoms with E-state index < -0.39 is 0 Å². The highest BCUT2D eigenvalue weighted by Gasteiger charge is 2.22. The first-order valence-electron chi connectivity index (χ1n) is 7.25.